The Hall–Kier alpha value is -1.66. The van der Waals surface area contributed by atoms with Gasteiger partial charge in [-0.15, -0.1) is 0 Å². The summed E-state index contributed by atoms with van der Waals surface area (Å²) in [6.07, 6.45) is 3.56. The fraction of sp³-hybridized carbons (Fsp3) is 0.455. The SMILES string of the molecule is Cc1cc2c(NCCOCCN)nccn2n1. The Bertz CT molecular complexity index is 482. The lowest BCUT2D eigenvalue weighted by atomic mass is 10.4. The molecule has 2 aromatic rings. The minimum atomic E-state index is 0.551. The molecule has 0 spiro atoms. The summed E-state index contributed by atoms with van der Waals surface area (Å²) < 4.78 is 7.10. The van der Waals surface area contributed by atoms with E-state index in [4.69, 9.17) is 10.5 Å². The van der Waals surface area contributed by atoms with Crippen molar-refractivity contribution < 1.29 is 4.74 Å². The zero-order valence-electron chi connectivity index (χ0n) is 9.89. The molecule has 0 saturated heterocycles. The van der Waals surface area contributed by atoms with Crippen molar-refractivity contribution in [3.05, 3.63) is 24.2 Å². The van der Waals surface area contributed by atoms with Crippen molar-refractivity contribution in [3.8, 4) is 0 Å². The Labute approximate surface area is 99.8 Å². The molecule has 2 rings (SSSR count). The fourth-order valence-electron chi connectivity index (χ4n) is 1.61. The summed E-state index contributed by atoms with van der Waals surface area (Å²) in [4.78, 5) is 4.29. The van der Waals surface area contributed by atoms with Gasteiger partial charge in [-0.05, 0) is 13.0 Å². The molecule has 0 fully saturated rings. The quantitative estimate of drug-likeness (QED) is 0.710. The van der Waals surface area contributed by atoms with E-state index in [0.717, 1.165) is 17.0 Å². The van der Waals surface area contributed by atoms with Gasteiger partial charge in [-0.2, -0.15) is 5.10 Å². The largest absolute Gasteiger partial charge is 0.378 e. The van der Waals surface area contributed by atoms with Gasteiger partial charge < -0.3 is 15.8 Å². The Balaban J connectivity index is 1.98. The summed E-state index contributed by atoms with van der Waals surface area (Å²) in [6, 6.07) is 2.00. The maximum absolute atomic E-state index is 5.33. The van der Waals surface area contributed by atoms with Crippen molar-refractivity contribution in [2.75, 3.05) is 31.6 Å². The summed E-state index contributed by atoms with van der Waals surface area (Å²) in [5, 5.41) is 7.54. The van der Waals surface area contributed by atoms with Crippen LogP contribution in [0.1, 0.15) is 5.69 Å². The van der Waals surface area contributed by atoms with Gasteiger partial charge in [0.25, 0.3) is 0 Å². The third kappa shape index (κ3) is 2.92. The average molecular weight is 235 g/mol. The molecule has 0 aliphatic rings. The Morgan fingerprint density at radius 2 is 2.35 bits per heavy atom. The summed E-state index contributed by atoms with van der Waals surface area (Å²) >= 11 is 0. The number of nitrogens with zero attached hydrogens (tertiary/aromatic N) is 3. The van der Waals surface area contributed by atoms with Gasteiger partial charge in [0, 0.05) is 25.5 Å². The van der Waals surface area contributed by atoms with E-state index < -0.39 is 0 Å². The fourth-order valence-corrected chi connectivity index (χ4v) is 1.61. The van der Waals surface area contributed by atoms with Crippen molar-refractivity contribution in [2.24, 2.45) is 5.73 Å². The van der Waals surface area contributed by atoms with Crippen molar-refractivity contribution in [2.45, 2.75) is 6.92 Å². The number of aromatic nitrogens is 3. The number of rotatable bonds is 6. The van der Waals surface area contributed by atoms with E-state index in [1.54, 1.807) is 6.20 Å². The summed E-state index contributed by atoms with van der Waals surface area (Å²) in [6.45, 7) is 4.42. The standard InChI is InChI=1S/C11H17N5O/c1-9-8-10-11(13-3-5-16(10)15-9)14-4-7-17-6-2-12/h3,5,8H,2,4,6-7,12H2,1H3,(H,13,14). The van der Waals surface area contributed by atoms with Crippen molar-refractivity contribution in [1.82, 2.24) is 14.6 Å². The first kappa shape index (κ1) is 11.8. The molecule has 0 aromatic carbocycles. The minimum Gasteiger partial charge on any atom is -0.378 e. The van der Waals surface area contributed by atoms with Gasteiger partial charge in [-0.3, -0.25) is 0 Å². The van der Waals surface area contributed by atoms with Crippen LogP contribution in [0, 0.1) is 6.92 Å². The molecule has 0 saturated carbocycles. The minimum absolute atomic E-state index is 0.551. The second kappa shape index (κ2) is 5.60. The number of anilines is 1. The van der Waals surface area contributed by atoms with Crippen LogP contribution in [0.4, 0.5) is 5.82 Å². The highest BCUT2D eigenvalue weighted by Gasteiger charge is 2.03. The lowest BCUT2D eigenvalue weighted by Gasteiger charge is -2.06. The van der Waals surface area contributed by atoms with Gasteiger partial charge in [0.05, 0.1) is 18.9 Å². The maximum atomic E-state index is 5.33. The van der Waals surface area contributed by atoms with E-state index in [1.807, 2.05) is 23.7 Å². The lowest BCUT2D eigenvalue weighted by molar-refractivity contribution is 0.151. The smallest absolute Gasteiger partial charge is 0.152 e. The molecular weight excluding hydrogens is 218 g/mol. The summed E-state index contributed by atoms with van der Waals surface area (Å²) in [5.41, 5.74) is 7.28. The van der Waals surface area contributed by atoms with Crippen molar-refractivity contribution in [3.63, 3.8) is 0 Å². The molecule has 0 aliphatic heterocycles. The van der Waals surface area contributed by atoms with Crippen molar-refractivity contribution in [1.29, 1.82) is 0 Å². The van der Waals surface area contributed by atoms with Gasteiger partial charge in [-0.1, -0.05) is 0 Å². The number of aryl methyl sites for hydroxylation is 1. The van der Waals surface area contributed by atoms with Crippen LogP contribution >= 0.6 is 0 Å². The highest BCUT2D eigenvalue weighted by molar-refractivity contribution is 5.67. The number of hydrogen-bond donors (Lipinski definition) is 2. The van der Waals surface area contributed by atoms with E-state index in [2.05, 4.69) is 15.4 Å². The predicted octanol–water partition coefficient (Wildman–Crippen LogP) is 0.425. The molecule has 92 valence electrons. The van der Waals surface area contributed by atoms with Crippen LogP contribution in [0.3, 0.4) is 0 Å². The number of nitrogens with one attached hydrogen (secondary N) is 1. The lowest BCUT2D eigenvalue weighted by Crippen LogP contribution is -2.15. The van der Waals surface area contributed by atoms with Gasteiger partial charge in [0.2, 0.25) is 0 Å². The molecule has 2 aromatic heterocycles. The predicted molar refractivity (Wildman–Crippen MR) is 66.1 cm³/mol. The first-order valence-electron chi connectivity index (χ1n) is 5.64. The van der Waals surface area contributed by atoms with E-state index in [-0.39, 0.29) is 0 Å². The van der Waals surface area contributed by atoms with E-state index in [9.17, 15) is 0 Å². The first-order valence-corrected chi connectivity index (χ1v) is 5.64. The molecule has 6 heteroatoms. The van der Waals surface area contributed by atoms with Gasteiger partial charge in [-0.25, -0.2) is 9.50 Å². The zero-order chi connectivity index (χ0) is 12.1. The van der Waals surface area contributed by atoms with Crippen LogP contribution in [-0.2, 0) is 4.74 Å². The highest BCUT2D eigenvalue weighted by Crippen LogP contribution is 2.13. The highest BCUT2D eigenvalue weighted by atomic mass is 16.5. The van der Waals surface area contributed by atoms with Crippen molar-refractivity contribution >= 4 is 11.3 Å². The Morgan fingerprint density at radius 1 is 1.47 bits per heavy atom. The molecule has 0 bridgehead atoms. The number of fused-ring (bicyclic) bond motifs is 1. The first-order chi connectivity index (χ1) is 8.31. The molecule has 0 atom stereocenters. The van der Waals surface area contributed by atoms with Crippen LogP contribution in [0.15, 0.2) is 18.5 Å². The monoisotopic (exact) mass is 235 g/mol. The van der Waals surface area contributed by atoms with Gasteiger partial charge in [0.15, 0.2) is 5.82 Å². The molecule has 0 unspecified atom stereocenters. The zero-order valence-corrected chi connectivity index (χ0v) is 9.89. The third-order valence-electron chi connectivity index (χ3n) is 2.31. The van der Waals surface area contributed by atoms with E-state index >= 15 is 0 Å². The van der Waals surface area contributed by atoms with Crippen LogP contribution in [-0.4, -0.2) is 40.9 Å². The van der Waals surface area contributed by atoms with Crippen LogP contribution < -0.4 is 11.1 Å². The second-order valence-electron chi connectivity index (χ2n) is 3.72. The van der Waals surface area contributed by atoms with Crippen LogP contribution in [0.5, 0.6) is 0 Å². The topological polar surface area (TPSA) is 77.5 Å². The normalized spacial score (nSPS) is 10.9. The molecule has 3 N–H and O–H groups in total. The van der Waals surface area contributed by atoms with Gasteiger partial charge >= 0.3 is 0 Å². The third-order valence-corrected chi connectivity index (χ3v) is 2.31. The molecule has 0 radical (unpaired) electrons. The molecule has 6 nitrogen and oxygen atoms in total. The Kier molecular flexibility index (Phi) is 3.89. The van der Waals surface area contributed by atoms with Crippen LogP contribution in [0.2, 0.25) is 0 Å². The van der Waals surface area contributed by atoms with Gasteiger partial charge in [0.1, 0.15) is 5.52 Å². The maximum Gasteiger partial charge on any atom is 0.152 e. The summed E-state index contributed by atoms with van der Waals surface area (Å²) in [7, 11) is 0. The average Bonchev–Trinajstić information content (AvgIpc) is 2.70. The van der Waals surface area contributed by atoms with E-state index in [1.165, 1.54) is 0 Å². The molecule has 2 heterocycles. The molecule has 17 heavy (non-hydrogen) atoms. The molecule has 0 amide bonds. The summed E-state index contributed by atoms with van der Waals surface area (Å²) in [5.74, 6) is 0.824. The molecular formula is C11H17N5O. The number of hydrogen-bond acceptors (Lipinski definition) is 5. The van der Waals surface area contributed by atoms with Crippen LogP contribution in [0.25, 0.3) is 5.52 Å². The second-order valence-corrected chi connectivity index (χ2v) is 3.72. The number of nitrogens with two attached hydrogens (primary N) is 1. The Morgan fingerprint density at radius 3 is 3.18 bits per heavy atom. The van der Waals surface area contributed by atoms with E-state index in [0.29, 0.717) is 26.3 Å². The number of ether oxygens (including phenoxy) is 1. The molecule has 0 aliphatic carbocycles.